The van der Waals surface area contributed by atoms with Gasteiger partial charge in [-0.25, -0.2) is 9.29 Å². The molecule has 3 aromatic rings. The van der Waals surface area contributed by atoms with E-state index in [0.29, 0.717) is 22.0 Å². The van der Waals surface area contributed by atoms with Crippen LogP contribution in [0.2, 0.25) is 5.02 Å². The molecule has 0 saturated heterocycles. The highest BCUT2D eigenvalue weighted by molar-refractivity contribution is 6.46. The zero-order valence-corrected chi connectivity index (χ0v) is 16.2. The van der Waals surface area contributed by atoms with Crippen LogP contribution in [0.15, 0.2) is 78.5 Å². The number of carbonyl (C=O) groups is 2. The Balaban J connectivity index is 1.80. The molecule has 1 aliphatic heterocycles. The van der Waals surface area contributed by atoms with E-state index >= 15 is 0 Å². The average molecular weight is 407 g/mol. The summed E-state index contributed by atoms with van der Waals surface area (Å²) in [5.74, 6) is -1.31. The Morgan fingerprint density at radius 3 is 2.07 bits per heavy atom. The van der Waals surface area contributed by atoms with Crippen LogP contribution in [-0.2, 0) is 9.59 Å². The predicted molar refractivity (Wildman–Crippen MR) is 112 cm³/mol. The van der Waals surface area contributed by atoms with E-state index < -0.39 is 17.6 Å². The Labute approximate surface area is 172 Å². The average Bonchev–Trinajstić information content (AvgIpc) is 2.95. The number of carbonyl (C=O) groups excluding carboxylic acids is 2. The molecule has 0 atom stereocenters. The molecule has 6 heteroatoms. The van der Waals surface area contributed by atoms with Crippen LogP contribution < -0.4 is 10.2 Å². The number of aryl methyl sites for hydroxylation is 1. The molecule has 4 rings (SSSR count). The first-order valence-corrected chi connectivity index (χ1v) is 9.30. The van der Waals surface area contributed by atoms with Crippen molar-refractivity contribution in [1.29, 1.82) is 0 Å². The summed E-state index contributed by atoms with van der Waals surface area (Å²) in [6, 6.07) is 19.4. The third-order valence-corrected chi connectivity index (χ3v) is 4.87. The lowest BCUT2D eigenvalue weighted by molar-refractivity contribution is -0.120. The minimum atomic E-state index is -0.479. The van der Waals surface area contributed by atoms with Gasteiger partial charge in [0.25, 0.3) is 11.8 Å². The summed E-state index contributed by atoms with van der Waals surface area (Å²) in [6.45, 7) is 1.93. The predicted octanol–water partition coefficient (Wildman–Crippen LogP) is 5.18. The summed E-state index contributed by atoms with van der Waals surface area (Å²) in [4.78, 5) is 27.6. The molecule has 3 aromatic carbocycles. The molecule has 29 heavy (non-hydrogen) atoms. The van der Waals surface area contributed by atoms with Gasteiger partial charge in [0.1, 0.15) is 11.5 Å². The lowest BCUT2D eigenvalue weighted by atomic mass is 10.0. The van der Waals surface area contributed by atoms with Crippen LogP contribution in [0.3, 0.4) is 0 Å². The van der Waals surface area contributed by atoms with E-state index in [1.807, 2.05) is 19.1 Å². The van der Waals surface area contributed by atoms with E-state index in [1.165, 1.54) is 24.3 Å². The number of halogens is 2. The minimum absolute atomic E-state index is 0.129. The lowest BCUT2D eigenvalue weighted by Gasteiger charge is -2.15. The number of hydrogen-bond acceptors (Lipinski definition) is 3. The quantitative estimate of drug-likeness (QED) is 0.607. The van der Waals surface area contributed by atoms with Gasteiger partial charge in [0.15, 0.2) is 0 Å². The molecule has 0 bridgehead atoms. The second kappa shape index (κ2) is 7.53. The van der Waals surface area contributed by atoms with Gasteiger partial charge in [-0.3, -0.25) is 9.59 Å². The van der Waals surface area contributed by atoms with Gasteiger partial charge in [-0.2, -0.15) is 0 Å². The molecular formula is C23H16ClFN2O2. The van der Waals surface area contributed by atoms with Crippen molar-refractivity contribution in [3.63, 3.8) is 0 Å². The van der Waals surface area contributed by atoms with E-state index in [4.69, 9.17) is 11.6 Å². The van der Waals surface area contributed by atoms with Gasteiger partial charge in [-0.15, -0.1) is 0 Å². The van der Waals surface area contributed by atoms with Crippen molar-refractivity contribution < 1.29 is 14.0 Å². The molecule has 0 spiro atoms. The lowest BCUT2D eigenvalue weighted by Crippen LogP contribution is -2.32. The third-order valence-electron chi connectivity index (χ3n) is 4.62. The zero-order valence-electron chi connectivity index (χ0n) is 15.4. The Morgan fingerprint density at radius 1 is 0.828 bits per heavy atom. The number of rotatable bonds is 4. The SMILES string of the molecule is Cc1ccc(N2C(=O)C(Nc3ccc(F)cc3)=C(c3ccc(Cl)cc3)C2=O)cc1. The van der Waals surface area contributed by atoms with E-state index in [1.54, 1.807) is 36.4 Å². The molecule has 0 fully saturated rings. The smallest absolute Gasteiger partial charge is 0.282 e. The standard InChI is InChI=1S/C23H16ClFN2O2/c1-14-2-12-19(13-3-14)27-22(28)20(15-4-6-16(24)7-5-15)21(23(27)29)26-18-10-8-17(25)9-11-18/h2-13,26H,1H3. The van der Waals surface area contributed by atoms with Crippen LogP contribution in [0.25, 0.3) is 5.57 Å². The number of imide groups is 1. The van der Waals surface area contributed by atoms with E-state index in [9.17, 15) is 14.0 Å². The van der Waals surface area contributed by atoms with Crippen molar-refractivity contribution in [2.75, 3.05) is 10.2 Å². The molecule has 1 aliphatic rings. The fourth-order valence-electron chi connectivity index (χ4n) is 3.14. The molecule has 4 nitrogen and oxygen atoms in total. The fraction of sp³-hybridized carbons (Fsp3) is 0.0435. The second-order valence-corrected chi connectivity index (χ2v) is 7.11. The summed E-state index contributed by atoms with van der Waals surface area (Å²) in [5, 5.41) is 3.51. The maximum absolute atomic E-state index is 13.3. The van der Waals surface area contributed by atoms with Gasteiger partial charge in [-0.1, -0.05) is 41.4 Å². The number of benzene rings is 3. The molecule has 2 amide bonds. The molecule has 0 aliphatic carbocycles. The third kappa shape index (κ3) is 3.65. The molecular weight excluding hydrogens is 391 g/mol. The first kappa shape index (κ1) is 18.9. The number of nitrogens with one attached hydrogen (secondary N) is 1. The minimum Gasteiger partial charge on any atom is -0.350 e. The Kier molecular flexibility index (Phi) is 4.91. The van der Waals surface area contributed by atoms with Gasteiger partial charge < -0.3 is 5.32 Å². The van der Waals surface area contributed by atoms with Gasteiger partial charge in [0, 0.05) is 10.7 Å². The van der Waals surface area contributed by atoms with Crippen LogP contribution in [-0.4, -0.2) is 11.8 Å². The molecule has 0 unspecified atom stereocenters. The van der Waals surface area contributed by atoms with Gasteiger partial charge in [-0.05, 0) is 61.0 Å². The molecule has 0 aromatic heterocycles. The summed E-state index contributed by atoms with van der Waals surface area (Å²) >= 11 is 5.97. The van der Waals surface area contributed by atoms with E-state index in [2.05, 4.69) is 5.32 Å². The van der Waals surface area contributed by atoms with Crippen LogP contribution >= 0.6 is 11.6 Å². The maximum atomic E-state index is 13.3. The van der Waals surface area contributed by atoms with Crippen LogP contribution in [0.5, 0.6) is 0 Å². The second-order valence-electron chi connectivity index (χ2n) is 6.67. The topological polar surface area (TPSA) is 49.4 Å². The highest BCUT2D eigenvalue weighted by Crippen LogP contribution is 2.34. The van der Waals surface area contributed by atoms with Crippen molar-refractivity contribution in [2.24, 2.45) is 0 Å². The summed E-state index contributed by atoms with van der Waals surface area (Å²) in [7, 11) is 0. The zero-order chi connectivity index (χ0) is 20.5. The van der Waals surface area contributed by atoms with Crippen molar-refractivity contribution in [3.8, 4) is 0 Å². The summed E-state index contributed by atoms with van der Waals surface area (Å²) in [6.07, 6.45) is 0. The van der Waals surface area contributed by atoms with Crippen LogP contribution in [0, 0.1) is 12.7 Å². The van der Waals surface area contributed by atoms with E-state index in [-0.39, 0.29) is 11.3 Å². The Bertz CT molecular complexity index is 1120. The maximum Gasteiger partial charge on any atom is 0.282 e. The highest BCUT2D eigenvalue weighted by atomic mass is 35.5. The number of anilines is 2. The van der Waals surface area contributed by atoms with Gasteiger partial charge in [0.05, 0.1) is 11.3 Å². The van der Waals surface area contributed by atoms with Crippen molar-refractivity contribution in [2.45, 2.75) is 6.92 Å². The number of nitrogens with zero attached hydrogens (tertiary/aromatic N) is 1. The summed E-state index contributed by atoms with van der Waals surface area (Å²) in [5.41, 5.74) is 2.92. The molecule has 0 saturated carbocycles. The first-order chi connectivity index (χ1) is 13.9. The molecule has 1 N–H and O–H groups in total. The Morgan fingerprint density at radius 2 is 1.45 bits per heavy atom. The van der Waals surface area contributed by atoms with Crippen LogP contribution in [0.1, 0.15) is 11.1 Å². The van der Waals surface area contributed by atoms with Crippen molar-refractivity contribution >= 4 is 40.4 Å². The first-order valence-electron chi connectivity index (χ1n) is 8.92. The van der Waals surface area contributed by atoms with Crippen molar-refractivity contribution in [3.05, 3.63) is 100 Å². The molecule has 144 valence electrons. The number of hydrogen-bond donors (Lipinski definition) is 1. The van der Waals surface area contributed by atoms with Crippen molar-refractivity contribution in [1.82, 2.24) is 0 Å². The molecule has 1 heterocycles. The Hall–Kier alpha value is -3.44. The van der Waals surface area contributed by atoms with Crippen LogP contribution in [0.4, 0.5) is 15.8 Å². The number of amides is 2. The highest BCUT2D eigenvalue weighted by Gasteiger charge is 2.40. The van der Waals surface area contributed by atoms with Gasteiger partial charge >= 0.3 is 0 Å². The molecule has 0 radical (unpaired) electrons. The fourth-order valence-corrected chi connectivity index (χ4v) is 3.26. The largest absolute Gasteiger partial charge is 0.350 e. The van der Waals surface area contributed by atoms with E-state index in [0.717, 1.165) is 10.5 Å². The monoisotopic (exact) mass is 406 g/mol. The summed E-state index contributed by atoms with van der Waals surface area (Å²) < 4.78 is 13.3. The normalized spacial score (nSPS) is 14.0. The van der Waals surface area contributed by atoms with Gasteiger partial charge in [0.2, 0.25) is 0 Å².